The van der Waals surface area contributed by atoms with Crippen molar-refractivity contribution in [2.75, 3.05) is 13.1 Å². The molecule has 3 N–H and O–H groups in total. The first-order valence-electron chi connectivity index (χ1n) is 4.20. The van der Waals surface area contributed by atoms with Crippen LogP contribution in [0, 0.1) is 0 Å². The molecule has 0 aromatic carbocycles. The Balaban J connectivity index is 2.83. The van der Waals surface area contributed by atoms with Gasteiger partial charge in [-0.05, 0) is 22.0 Å². The predicted molar refractivity (Wildman–Crippen MR) is 66.2 cm³/mol. The molecular weight excluding hydrogens is 362 g/mol. The van der Waals surface area contributed by atoms with Gasteiger partial charge in [-0.3, -0.25) is 0 Å². The highest BCUT2D eigenvalue weighted by molar-refractivity contribution is 9.11. The predicted octanol–water partition coefficient (Wildman–Crippen LogP) is 2.04. The molecule has 4 nitrogen and oxygen atoms in total. The quantitative estimate of drug-likeness (QED) is 0.834. The lowest BCUT2D eigenvalue weighted by atomic mass is 10.3. The van der Waals surface area contributed by atoms with E-state index in [1.165, 1.54) is 6.07 Å². The molecule has 1 aromatic rings. The van der Waals surface area contributed by atoms with Crippen molar-refractivity contribution in [2.24, 2.45) is 5.73 Å². The summed E-state index contributed by atoms with van der Waals surface area (Å²) in [6.07, 6.45) is 0. The zero-order chi connectivity index (χ0) is 13.3. The first-order valence-corrected chi connectivity index (χ1v) is 7.67. The fourth-order valence-electron chi connectivity index (χ4n) is 0.803. The number of rotatable bonds is 5. The van der Waals surface area contributed by atoms with E-state index < -0.39 is 29.0 Å². The van der Waals surface area contributed by atoms with Crippen LogP contribution in [0.2, 0.25) is 5.02 Å². The fraction of sp³-hybridized carbons (Fsp3) is 0.429. The summed E-state index contributed by atoms with van der Waals surface area (Å²) >= 11 is 9.53. The van der Waals surface area contributed by atoms with E-state index in [-0.39, 0.29) is 9.23 Å². The summed E-state index contributed by atoms with van der Waals surface area (Å²) < 4.78 is 50.9. The maximum absolute atomic E-state index is 12.8. The van der Waals surface area contributed by atoms with Crippen LogP contribution in [0.4, 0.5) is 8.78 Å². The summed E-state index contributed by atoms with van der Waals surface area (Å²) in [6, 6.07) is 1.18. The number of halogens is 4. The van der Waals surface area contributed by atoms with E-state index >= 15 is 0 Å². The maximum atomic E-state index is 12.8. The number of alkyl halides is 2. The average Bonchev–Trinajstić information content (AvgIpc) is 2.58. The van der Waals surface area contributed by atoms with Crippen molar-refractivity contribution in [3.63, 3.8) is 0 Å². The molecule has 1 aromatic heterocycles. The van der Waals surface area contributed by atoms with Crippen LogP contribution in [0.3, 0.4) is 0 Å². The Bertz CT molecular complexity index is 486. The second-order valence-corrected chi connectivity index (χ2v) is 7.84. The van der Waals surface area contributed by atoms with Gasteiger partial charge in [-0.1, -0.05) is 11.6 Å². The number of hydrogen-bond acceptors (Lipinski definition) is 4. The molecule has 0 saturated heterocycles. The number of nitrogens with one attached hydrogen (secondary N) is 1. The maximum Gasteiger partial charge on any atom is 0.273 e. The van der Waals surface area contributed by atoms with Crippen molar-refractivity contribution in [1.82, 2.24) is 4.72 Å². The molecule has 0 atom stereocenters. The minimum atomic E-state index is -3.99. The van der Waals surface area contributed by atoms with Gasteiger partial charge in [0.2, 0.25) is 10.0 Å². The standard InChI is InChI=1S/C7H8BrClF2N2O2S2/c8-6-4(9)1-5(16-6)17(14,15)13-3-7(10,11)2-12/h1,13H,2-3,12H2. The molecule has 0 aliphatic rings. The van der Waals surface area contributed by atoms with Crippen LogP contribution in [0.1, 0.15) is 0 Å². The first kappa shape index (κ1) is 15.3. The van der Waals surface area contributed by atoms with E-state index in [1.807, 2.05) is 0 Å². The van der Waals surface area contributed by atoms with Crippen LogP contribution in [-0.4, -0.2) is 27.4 Å². The van der Waals surface area contributed by atoms with Gasteiger partial charge in [-0.2, -0.15) is 0 Å². The van der Waals surface area contributed by atoms with Gasteiger partial charge in [0.15, 0.2) is 0 Å². The lowest BCUT2D eigenvalue weighted by Gasteiger charge is -2.13. The molecule has 0 spiro atoms. The lowest BCUT2D eigenvalue weighted by Crippen LogP contribution is -2.41. The topological polar surface area (TPSA) is 72.2 Å². The fourth-order valence-corrected chi connectivity index (χ4v) is 4.31. The van der Waals surface area contributed by atoms with Crippen molar-refractivity contribution in [2.45, 2.75) is 10.1 Å². The Morgan fingerprint density at radius 3 is 2.59 bits per heavy atom. The van der Waals surface area contributed by atoms with Crippen molar-refractivity contribution < 1.29 is 17.2 Å². The largest absolute Gasteiger partial charge is 0.325 e. The summed E-state index contributed by atoms with van der Waals surface area (Å²) in [5, 5.41) is 0.209. The Morgan fingerprint density at radius 1 is 1.59 bits per heavy atom. The van der Waals surface area contributed by atoms with Gasteiger partial charge in [0, 0.05) is 0 Å². The Kier molecular flexibility index (Phi) is 4.89. The molecule has 0 bridgehead atoms. The van der Waals surface area contributed by atoms with E-state index in [1.54, 1.807) is 4.72 Å². The third-order valence-corrected chi connectivity index (χ3v) is 6.06. The zero-order valence-corrected chi connectivity index (χ0v) is 12.2. The van der Waals surface area contributed by atoms with Crippen LogP contribution in [0.25, 0.3) is 0 Å². The van der Waals surface area contributed by atoms with Crippen LogP contribution in [0.15, 0.2) is 14.1 Å². The zero-order valence-electron chi connectivity index (χ0n) is 8.21. The van der Waals surface area contributed by atoms with Crippen LogP contribution in [-0.2, 0) is 10.0 Å². The minimum absolute atomic E-state index is 0.137. The molecule has 0 aliphatic carbocycles. The van der Waals surface area contributed by atoms with Gasteiger partial charge >= 0.3 is 0 Å². The number of nitrogens with two attached hydrogens (primary N) is 1. The molecule has 1 rings (SSSR count). The Labute approximate surface area is 114 Å². The normalized spacial score (nSPS) is 13.0. The molecule has 0 unspecified atom stereocenters. The monoisotopic (exact) mass is 368 g/mol. The summed E-state index contributed by atoms with van der Waals surface area (Å²) in [4.78, 5) is 0. The van der Waals surface area contributed by atoms with Gasteiger partial charge in [0.05, 0.1) is 21.9 Å². The molecule has 98 valence electrons. The minimum Gasteiger partial charge on any atom is -0.325 e. The highest BCUT2D eigenvalue weighted by Gasteiger charge is 2.30. The van der Waals surface area contributed by atoms with Gasteiger partial charge in [-0.15, -0.1) is 11.3 Å². The number of thiophene rings is 1. The Morgan fingerprint density at radius 2 is 2.18 bits per heavy atom. The third-order valence-electron chi connectivity index (χ3n) is 1.71. The van der Waals surface area contributed by atoms with E-state index in [9.17, 15) is 17.2 Å². The highest BCUT2D eigenvalue weighted by Crippen LogP contribution is 2.34. The molecule has 10 heteroatoms. The molecule has 17 heavy (non-hydrogen) atoms. The van der Waals surface area contributed by atoms with E-state index in [2.05, 4.69) is 15.9 Å². The smallest absolute Gasteiger partial charge is 0.273 e. The van der Waals surface area contributed by atoms with Crippen molar-refractivity contribution >= 4 is 48.9 Å². The summed E-state index contributed by atoms with van der Waals surface area (Å²) in [5.41, 5.74) is 4.79. The van der Waals surface area contributed by atoms with Crippen molar-refractivity contribution in [1.29, 1.82) is 0 Å². The molecular formula is C7H8BrClF2N2O2S2. The van der Waals surface area contributed by atoms with E-state index in [0.29, 0.717) is 3.79 Å². The molecule has 0 fully saturated rings. The van der Waals surface area contributed by atoms with Crippen LogP contribution < -0.4 is 10.5 Å². The molecule has 0 radical (unpaired) electrons. The second-order valence-electron chi connectivity index (χ2n) is 3.07. The van der Waals surface area contributed by atoms with Crippen molar-refractivity contribution in [3.05, 3.63) is 14.9 Å². The summed E-state index contributed by atoms with van der Waals surface area (Å²) in [5.74, 6) is -3.27. The van der Waals surface area contributed by atoms with Crippen LogP contribution in [0.5, 0.6) is 0 Å². The van der Waals surface area contributed by atoms with Gasteiger partial charge in [0.25, 0.3) is 5.92 Å². The van der Waals surface area contributed by atoms with Crippen molar-refractivity contribution in [3.8, 4) is 0 Å². The highest BCUT2D eigenvalue weighted by atomic mass is 79.9. The number of hydrogen-bond donors (Lipinski definition) is 2. The summed E-state index contributed by atoms with van der Waals surface area (Å²) in [6.45, 7) is -1.97. The Hall–Kier alpha value is 0.200. The molecule has 0 saturated carbocycles. The number of sulfonamides is 1. The first-order chi connectivity index (χ1) is 7.68. The average molecular weight is 370 g/mol. The summed E-state index contributed by atoms with van der Waals surface area (Å²) in [7, 11) is -3.99. The lowest BCUT2D eigenvalue weighted by molar-refractivity contribution is 0.0170. The van der Waals surface area contributed by atoms with E-state index in [0.717, 1.165) is 11.3 Å². The van der Waals surface area contributed by atoms with E-state index in [4.69, 9.17) is 17.3 Å². The SMILES string of the molecule is NCC(F)(F)CNS(=O)(=O)c1cc(Cl)c(Br)s1. The third kappa shape index (κ3) is 4.11. The van der Waals surface area contributed by atoms with Gasteiger partial charge in [-0.25, -0.2) is 21.9 Å². The second kappa shape index (κ2) is 5.45. The van der Waals surface area contributed by atoms with Gasteiger partial charge < -0.3 is 5.73 Å². The molecule has 1 heterocycles. The van der Waals surface area contributed by atoms with Gasteiger partial charge in [0.1, 0.15) is 4.21 Å². The molecule has 0 amide bonds. The molecule has 0 aliphatic heterocycles. The van der Waals surface area contributed by atoms with Crippen LogP contribution >= 0.6 is 38.9 Å².